The van der Waals surface area contributed by atoms with E-state index in [1.54, 1.807) is 7.11 Å². The average Bonchev–Trinajstić information content (AvgIpc) is 2.94. The minimum atomic E-state index is -0.121. The Kier molecular flexibility index (Phi) is 5.37. The minimum Gasteiger partial charge on any atom is -0.378 e. The SMILES string of the molecule is CCC(Cc1ccccc1)NCC1(OC)CCOC1. The van der Waals surface area contributed by atoms with E-state index in [2.05, 4.69) is 42.6 Å². The number of benzene rings is 1. The van der Waals surface area contributed by atoms with E-state index in [9.17, 15) is 0 Å². The highest BCUT2D eigenvalue weighted by Gasteiger charge is 2.35. The molecule has 2 atom stereocenters. The molecule has 2 rings (SSSR count). The van der Waals surface area contributed by atoms with Gasteiger partial charge in [0.05, 0.1) is 6.61 Å². The van der Waals surface area contributed by atoms with Crippen LogP contribution in [0.5, 0.6) is 0 Å². The van der Waals surface area contributed by atoms with Crippen LogP contribution in [0.1, 0.15) is 25.3 Å². The first-order chi connectivity index (χ1) is 9.28. The summed E-state index contributed by atoms with van der Waals surface area (Å²) in [6, 6.07) is 11.1. The van der Waals surface area contributed by atoms with Gasteiger partial charge in [0, 0.05) is 32.7 Å². The summed E-state index contributed by atoms with van der Waals surface area (Å²) >= 11 is 0. The average molecular weight is 263 g/mol. The molecule has 1 aromatic rings. The Hall–Kier alpha value is -0.900. The first kappa shape index (κ1) is 14.5. The second kappa shape index (κ2) is 7.04. The van der Waals surface area contributed by atoms with Gasteiger partial charge in [0.25, 0.3) is 0 Å². The van der Waals surface area contributed by atoms with Gasteiger partial charge in [0.1, 0.15) is 5.60 Å². The number of hydrogen-bond acceptors (Lipinski definition) is 3. The standard InChI is InChI=1S/C16H25NO2/c1-3-15(11-14-7-5-4-6-8-14)17-12-16(18-2)9-10-19-13-16/h4-8,15,17H,3,9-13H2,1-2H3. The Balaban J connectivity index is 1.85. The number of hydrogen-bond donors (Lipinski definition) is 1. The smallest absolute Gasteiger partial charge is 0.106 e. The van der Waals surface area contributed by atoms with Gasteiger partial charge in [-0.05, 0) is 18.4 Å². The van der Waals surface area contributed by atoms with Crippen molar-refractivity contribution in [1.29, 1.82) is 0 Å². The Morgan fingerprint density at radius 3 is 2.74 bits per heavy atom. The van der Waals surface area contributed by atoms with Crippen LogP contribution >= 0.6 is 0 Å². The summed E-state index contributed by atoms with van der Waals surface area (Å²) in [6.45, 7) is 4.61. The van der Waals surface area contributed by atoms with Crippen molar-refractivity contribution in [2.45, 2.75) is 37.8 Å². The van der Waals surface area contributed by atoms with Gasteiger partial charge in [-0.2, -0.15) is 0 Å². The quantitative estimate of drug-likeness (QED) is 0.819. The van der Waals surface area contributed by atoms with Crippen LogP contribution < -0.4 is 5.32 Å². The molecule has 1 aromatic carbocycles. The van der Waals surface area contributed by atoms with Gasteiger partial charge in [-0.3, -0.25) is 0 Å². The van der Waals surface area contributed by atoms with Crippen molar-refractivity contribution in [1.82, 2.24) is 5.32 Å². The zero-order chi connectivity index (χ0) is 13.6. The minimum absolute atomic E-state index is 0.121. The topological polar surface area (TPSA) is 30.5 Å². The summed E-state index contributed by atoms with van der Waals surface area (Å²) in [5.41, 5.74) is 1.26. The molecule has 3 nitrogen and oxygen atoms in total. The van der Waals surface area contributed by atoms with Gasteiger partial charge < -0.3 is 14.8 Å². The molecule has 2 unspecified atom stereocenters. The molecular weight excluding hydrogens is 238 g/mol. The molecule has 0 amide bonds. The van der Waals surface area contributed by atoms with Gasteiger partial charge >= 0.3 is 0 Å². The molecular formula is C16H25NO2. The van der Waals surface area contributed by atoms with Crippen LogP contribution in [-0.2, 0) is 15.9 Å². The molecule has 106 valence electrons. The van der Waals surface area contributed by atoms with Crippen LogP contribution in [0, 0.1) is 0 Å². The predicted molar refractivity (Wildman–Crippen MR) is 77.4 cm³/mol. The Bertz CT molecular complexity index is 360. The summed E-state index contributed by atoms with van der Waals surface area (Å²) in [7, 11) is 1.79. The third kappa shape index (κ3) is 4.03. The molecule has 1 N–H and O–H groups in total. The third-order valence-corrected chi connectivity index (χ3v) is 4.03. The van der Waals surface area contributed by atoms with Crippen molar-refractivity contribution in [2.75, 3.05) is 26.9 Å². The van der Waals surface area contributed by atoms with Crippen LogP contribution in [0.25, 0.3) is 0 Å². The molecule has 1 aliphatic rings. The van der Waals surface area contributed by atoms with Gasteiger partial charge in [-0.1, -0.05) is 37.3 Å². The molecule has 1 aliphatic heterocycles. The molecule has 0 aliphatic carbocycles. The largest absolute Gasteiger partial charge is 0.378 e. The summed E-state index contributed by atoms with van der Waals surface area (Å²) in [5.74, 6) is 0. The molecule has 3 heteroatoms. The lowest BCUT2D eigenvalue weighted by atomic mass is 10.00. The van der Waals surface area contributed by atoms with Gasteiger partial charge in [-0.25, -0.2) is 0 Å². The highest BCUT2D eigenvalue weighted by atomic mass is 16.5. The van der Waals surface area contributed by atoms with Gasteiger partial charge in [-0.15, -0.1) is 0 Å². The lowest BCUT2D eigenvalue weighted by Crippen LogP contribution is -2.46. The Morgan fingerprint density at radius 2 is 2.16 bits per heavy atom. The maximum absolute atomic E-state index is 5.66. The second-order valence-electron chi connectivity index (χ2n) is 5.37. The Morgan fingerprint density at radius 1 is 1.37 bits per heavy atom. The van der Waals surface area contributed by atoms with Crippen molar-refractivity contribution in [3.05, 3.63) is 35.9 Å². The maximum atomic E-state index is 5.66. The molecule has 1 fully saturated rings. The predicted octanol–water partition coefficient (Wildman–Crippen LogP) is 2.40. The van der Waals surface area contributed by atoms with E-state index < -0.39 is 0 Å². The normalized spacial score (nSPS) is 24.5. The number of methoxy groups -OCH3 is 1. The number of nitrogens with one attached hydrogen (secondary N) is 1. The lowest BCUT2D eigenvalue weighted by molar-refractivity contribution is -0.0175. The highest BCUT2D eigenvalue weighted by Crippen LogP contribution is 2.22. The third-order valence-electron chi connectivity index (χ3n) is 4.03. The summed E-state index contributed by atoms with van der Waals surface area (Å²) in [5, 5.41) is 3.65. The van der Waals surface area contributed by atoms with E-state index in [4.69, 9.17) is 9.47 Å². The number of rotatable bonds is 7. The van der Waals surface area contributed by atoms with Crippen LogP contribution in [-0.4, -0.2) is 38.5 Å². The lowest BCUT2D eigenvalue weighted by Gasteiger charge is -2.29. The number of ether oxygens (including phenoxy) is 2. The molecule has 0 aromatic heterocycles. The van der Waals surface area contributed by atoms with E-state index in [-0.39, 0.29) is 5.60 Å². The summed E-state index contributed by atoms with van der Waals surface area (Å²) in [6.07, 6.45) is 3.17. The highest BCUT2D eigenvalue weighted by molar-refractivity contribution is 5.15. The van der Waals surface area contributed by atoms with Crippen LogP contribution in [0.3, 0.4) is 0 Å². The molecule has 0 spiro atoms. The Labute approximate surface area is 116 Å². The zero-order valence-electron chi connectivity index (χ0n) is 12.0. The zero-order valence-corrected chi connectivity index (χ0v) is 12.0. The van der Waals surface area contributed by atoms with E-state index >= 15 is 0 Å². The van der Waals surface area contributed by atoms with Crippen LogP contribution in [0.4, 0.5) is 0 Å². The fraction of sp³-hybridized carbons (Fsp3) is 0.625. The van der Waals surface area contributed by atoms with E-state index in [1.807, 2.05) is 0 Å². The van der Waals surface area contributed by atoms with Crippen LogP contribution in [0.2, 0.25) is 0 Å². The monoisotopic (exact) mass is 263 g/mol. The van der Waals surface area contributed by atoms with Crippen LogP contribution in [0.15, 0.2) is 30.3 Å². The molecule has 0 saturated carbocycles. The van der Waals surface area contributed by atoms with Crippen molar-refractivity contribution in [2.24, 2.45) is 0 Å². The summed E-state index contributed by atoms with van der Waals surface area (Å²) < 4.78 is 11.1. The van der Waals surface area contributed by atoms with Crippen molar-refractivity contribution >= 4 is 0 Å². The first-order valence-electron chi connectivity index (χ1n) is 7.18. The van der Waals surface area contributed by atoms with E-state index in [0.29, 0.717) is 12.6 Å². The molecule has 1 heterocycles. The van der Waals surface area contributed by atoms with Crippen molar-refractivity contribution in [3.63, 3.8) is 0 Å². The fourth-order valence-corrected chi connectivity index (χ4v) is 2.55. The van der Waals surface area contributed by atoms with Crippen molar-refractivity contribution < 1.29 is 9.47 Å². The molecule has 0 radical (unpaired) electrons. The van der Waals surface area contributed by atoms with Gasteiger partial charge in [0.2, 0.25) is 0 Å². The molecule has 0 bridgehead atoms. The maximum Gasteiger partial charge on any atom is 0.106 e. The molecule has 1 saturated heterocycles. The fourth-order valence-electron chi connectivity index (χ4n) is 2.55. The van der Waals surface area contributed by atoms with E-state index in [1.165, 1.54) is 5.56 Å². The van der Waals surface area contributed by atoms with Crippen molar-refractivity contribution in [3.8, 4) is 0 Å². The summed E-state index contributed by atoms with van der Waals surface area (Å²) in [4.78, 5) is 0. The van der Waals surface area contributed by atoms with Gasteiger partial charge in [0.15, 0.2) is 0 Å². The second-order valence-corrected chi connectivity index (χ2v) is 5.37. The van der Waals surface area contributed by atoms with E-state index in [0.717, 1.165) is 32.4 Å². The molecule has 19 heavy (non-hydrogen) atoms. The first-order valence-corrected chi connectivity index (χ1v) is 7.18.